The first-order valence-corrected chi connectivity index (χ1v) is 15.0. The molecular weight excluding hydrogens is 564 g/mol. The topological polar surface area (TPSA) is 138 Å². The maximum Gasteiger partial charge on any atom is 0.255 e. The summed E-state index contributed by atoms with van der Waals surface area (Å²) in [7, 11) is 0. The molecule has 1 spiro atoms. The van der Waals surface area contributed by atoms with Crippen molar-refractivity contribution < 1.29 is 19.1 Å². The number of thiazole rings is 1. The van der Waals surface area contributed by atoms with Gasteiger partial charge in [-0.1, -0.05) is 60.6 Å². The number of benzene rings is 3. The average Bonchev–Trinajstić information content (AvgIpc) is 3.70. The van der Waals surface area contributed by atoms with E-state index in [1.807, 2.05) is 30.5 Å². The van der Waals surface area contributed by atoms with E-state index in [0.717, 1.165) is 5.56 Å². The first-order chi connectivity index (χ1) is 20.9. The molecular formula is C32H28N6O4S. The second-order valence-electron chi connectivity index (χ2n) is 11.3. The zero-order valence-corrected chi connectivity index (χ0v) is 24.1. The van der Waals surface area contributed by atoms with Gasteiger partial charge in [-0.15, -0.1) is 11.3 Å². The molecule has 3 atom stereocenters. The Labute approximate surface area is 251 Å². The summed E-state index contributed by atoms with van der Waals surface area (Å²) >= 11 is 1.35. The third-order valence-electron chi connectivity index (χ3n) is 8.89. The Morgan fingerprint density at radius 1 is 0.977 bits per heavy atom. The fourth-order valence-corrected chi connectivity index (χ4v) is 7.46. The van der Waals surface area contributed by atoms with Crippen LogP contribution in [-0.4, -0.2) is 35.8 Å². The summed E-state index contributed by atoms with van der Waals surface area (Å²) in [6, 6.07) is 22.1. The molecule has 2 amide bonds. The van der Waals surface area contributed by atoms with Crippen LogP contribution in [0, 0.1) is 5.41 Å². The standard InChI is InChI=1S/C32H28N6O4S/c1-31(16-26-24-8-3-2-7-23(24)25(31)17-32(26)41-13-14-42-32)29(40)36-30-35-27(18-43-30)19-5-4-6-20(15-19)28(39)34-21-9-11-22(12-10-21)37-38-33/h2-12,15,18,25-26H,13-14,16-17H2,1H3,(H,34,39)(H,35,36,40). The van der Waals surface area contributed by atoms with Gasteiger partial charge in [0, 0.05) is 51.1 Å². The molecule has 1 saturated carbocycles. The second-order valence-corrected chi connectivity index (χ2v) is 12.2. The highest BCUT2D eigenvalue weighted by molar-refractivity contribution is 7.14. The van der Waals surface area contributed by atoms with Crippen LogP contribution >= 0.6 is 11.3 Å². The van der Waals surface area contributed by atoms with E-state index in [1.165, 1.54) is 22.5 Å². The lowest BCUT2D eigenvalue weighted by Crippen LogP contribution is -2.56. The van der Waals surface area contributed by atoms with Crippen LogP contribution in [0.25, 0.3) is 21.7 Å². The van der Waals surface area contributed by atoms with Crippen LogP contribution in [0.3, 0.4) is 0 Å². The van der Waals surface area contributed by atoms with Gasteiger partial charge in [0.15, 0.2) is 10.9 Å². The number of carbonyl (C=O) groups is 2. The predicted octanol–water partition coefficient (Wildman–Crippen LogP) is 7.37. The van der Waals surface area contributed by atoms with E-state index in [0.29, 0.717) is 53.8 Å². The number of anilines is 2. The van der Waals surface area contributed by atoms with Gasteiger partial charge in [0.05, 0.1) is 24.3 Å². The van der Waals surface area contributed by atoms with E-state index >= 15 is 0 Å². The first kappa shape index (κ1) is 27.3. The molecule has 2 heterocycles. The molecule has 3 aromatic carbocycles. The highest BCUT2D eigenvalue weighted by atomic mass is 32.1. The first-order valence-electron chi connectivity index (χ1n) is 14.1. The molecule has 8 rings (SSSR count). The molecule has 1 aromatic heterocycles. The average molecular weight is 593 g/mol. The summed E-state index contributed by atoms with van der Waals surface area (Å²) in [5.41, 5.74) is 13.3. The number of azide groups is 1. The van der Waals surface area contributed by atoms with Gasteiger partial charge in [-0.25, -0.2) is 4.98 Å². The number of aromatic nitrogens is 1. The lowest BCUT2D eigenvalue weighted by molar-refractivity contribution is -0.216. The number of ether oxygens (including phenoxy) is 2. The minimum absolute atomic E-state index is 0.0170. The van der Waals surface area contributed by atoms with Gasteiger partial charge < -0.3 is 20.1 Å². The molecule has 3 aliphatic carbocycles. The zero-order valence-electron chi connectivity index (χ0n) is 23.3. The third-order valence-corrected chi connectivity index (χ3v) is 9.65. The molecule has 2 N–H and O–H groups in total. The number of amides is 2. The molecule has 1 saturated heterocycles. The Morgan fingerprint density at radius 3 is 2.47 bits per heavy atom. The number of hydrogen-bond acceptors (Lipinski definition) is 7. The van der Waals surface area contributed by atoms with Crippen LogP contribution in [0.1, 0.15) is 53.1 Å². The molecule has 11 heteroatoms. The van der Waals surface area contributed by atoms with Crippen LogP contribution in [-0.2, 0) is 14.3 Å². The van der Waals surface area contributed by atoms with Crippen molar-refractivity contribution in [3.63, 3.8) is 0 Å². The van der Waals surface area contributed by atoms with Crippen molar-refractivity contribution in [3.05, 3.63) is 105 Å². The molecule has 3 unspecified atom stereocenters. The fraction of sp³-hybridized carbons (Fsp3) is 0.281. The molecule has 10 nitrogen and oxygen atoms in total. The maximum atomic E-state index is 13.9. The van der Waals surface area contributed by atoms with Gasteiger partial charge in [-0.3, -0.25) is 9.59 Å². The monoisotopic (exact) mass is 592 g/mol. The molecule has 4 aliphatic rings. The van der Waals surface area contributed by atoms with Gasteiger partial charge in [0.25, 0.3) is 5.91 Å². The Bertz CT molecular complexity index is 1780. The second kappa shape index (κ2) is 10.6. The van der Waals surface area contributed by atoms with Crippen molar-refractivity contribution in [3.8, 4) is 11.3 Å². The minimum atomic E-state index is -0.653. The van der Waals surface area contributed by atoms with Crippen molar-refractivity contribution in [2.75, 3.05) is 23.8 Å². The summed E-state index contributed by atoms with van der Waals surface area (Å²) in [6.45, 7) is 3.19. The van der Waals surface area contributed by atoms with E-state index in [2.05, 4.69) is 32.8 Å². The molecule has 43 heavy (non-hydrogen) atoms. The van der Waals surface area contributed by atoms with Crippen molar-refractivity contribution in [2.45, 2.75) is 37.4 Å². The summed E-state index contributed by atoms with van der Waals surface area (Å²) in [5, 5.41) is 11.9. The van der Waals surface area contributed by atoms with E-state index < -0.39 is 11.2 Å². The molecule has 2 fully saturated rings. The Kier molecular flexibility index (Phi) is 6.75. The van der Waals surface area contributed by atoms with Gasteiger partial charge in [0.1, 0.15) is 0 Å². The molecule has 2 bridgehead atoms. The predicted molar refractivity (Wildman–Crippen MR) is 163 cm³/mol. The summed E-state index contributed by atoms with van der Waals surface area (Å²) in [5.74, 6) is -1.06. The van der Waals surface area contributed by atoms with Gasteiger partial charge >= 0.3 is 0 Å². The van der Waals surface area contributed by atoms with E-state index in [1.54, 1.807) is 42.5 Å². The zero-order chi connectivity index (χ0) is 29.6. The molecule has 4 aromatic rings. The van der Waals surface area contributed by atoms with Gasteiger partial charge in [-0.2, -0.15) is 0 Å². The highest BCUT2D eigenvalue weighted by Crippen LogP contribution is 2.64. The van der Waals surface area contributed by atoms with E-state index in [-0.39, 0.29) is 23.7 Å². The lowest BCUT2D eigenvalue weighted by atomic mass is 9.52. The van der Waals surface area contributed by atoms with Gasteiger partial charge in [-0.05, 0) is 47.3 Å². The summed E-state index contributed by atoms with van der Waals surface area (Å²) < 4.78 is 12.4. The number of nitrogens with one attached hydrogen (secondary N) is 2. The highest BCUT2D eigenvalue weighted by Gasteiger charge is 2.63. The van der Waals surface area contributed by atoms with E-state index in [4.69, 9.17) is 20.0 Å². The number of hydrogen-bond donors (Lipinski definition) is 2. The van der Waals surface area contributed by atoms with Gasteiger partial charge in [0.2, 0.25) is 5.91 Å². The molecule has 1 aliphatic heterocycles. The van der Waals surface area contributed by atoms with Crippen molar-refractivity contribution in [1.29, 1.82) is 0 Å². The van der Waals surface area contributed by atoms with Crippen LogP contribution in [0.4, 0.5) is 16.5 Å². The SMILES string of the molecule is CC1(C(=O)Nc2nc(-c3cccc(C(=O)Nc4ccc(N=[N+]=[N-])cc4)c3)cs2)CC2c3ccccc3C1CC21OCCO1. The maximum absolute atomic E-state index is 13.9. The van der Waals surface area contributed by atoms with Crippen molar-refractivity contribution in [2.24, 2.45) is 10.5 Å². The third kappa shape index (κ3) is 4.76. The van der Waals surface area contributed by atoms with Crippen molar-refractivity contribution >= 4 is 39.7 Å². The van der Waals surface area contributed by atoms with Crippen LogP contribution < -0.4 is 10.6 Å². The Balaban J connectivity index is 1.07. The van der Waals surface area contributed by atoms with Crippen LogP contribution in [0.2, 0.25) is 0 Å². The Hall–Kier alpha value is -4.54. The number of nitrogens with zero attached hydrogens (tertiary/aromatic N) is 4. The Morgan fingerprint density at radius 2 is 1.72 bits per heavy atom. The molecule has 0 radical (unpaired) electrons. The fourth-order valence-electron chi connectivity index (χ4n) is 6.75. The van der Waals surface area contributed by atoms with Crippen LogP contribution in [0.15, 0.2) is 83.3 Å². The largest absolute Gasteiger partial charge is 0.347 e. The number of rotatable bonds is 6. The summed E-state index contributed by atoms with van der Waals surface area (Å²) in [4.78, 5) is 34.3. The van der Waals surface area contributed by atoms with E-state index in [9.17, 15) is 9.59 Å². The molecule has 216 valence electrons. The van der Waals surface area contributed by atoms with Crippen molar-refractivity contribution in [1.82, 2.24) is 4.98 Å². The number of carbonyl (C=O) groups excluding carboxylic acids is 2. The number of fused-ring (bicyclic) bond motifs is 1. The van der Waals surface area contributed by atoms with Crippen LogP contribution in [0.5, 0.6) is 0 Å². The smallest absolute Gasteiger partial charge is 0.255 e. The normalized spacial score (nSPS) is 22.9. The lowest BCUT2D eigenvalue weighted by Gasteiger charge is -2.56. The summed E-state index contributed by atoms with van der Waals surface area (Å²) in [6.07, 6.45) is 1.28. The minimum Gasteiger partial charge on any atom is -0.347 e. The quantitative estimate of drug-likeness (QED) is 0.137.